The quantitative estimate of drug-likeness (QED) is 0.660. The van der Waals surface area contributed by atoms with Crippen molar-refractivity contribution in [2.24, 2.45) is 5.41 Å². The molecule has 0 aliphatic heterocycles. The van der Waals surface area contributed by atoms with Crippen molar-refractivity contribution < 1.29 is 4.92 Å². The van der Waals surface area contributed by atoms with Crippen LogP contribution < -0.4 is 5.32 Å². The summed E-state index contributed by atoms with van der Waals surface area (Å²) in [5, 5.41) is 14.8. The lowest BCUT2D eigenvalue weighted by Crippen LogP contribution is -2.22. The topological polar surface area (TPSA) is 68.1 Å². The lowest BCUT2D eigenvalue weighted by molar-refractivity contribution is -0.384. The maximum absolute atomic E-state index is 10.7. The molecule has 1 aromatic carbocycles. The molecule has 0 bridgehead atoms. The van der Waals surface area contributed by atoms with Crippen LogP contribution in [0.2, 0.25) is 0 Å². The van der Waals surface area contributed by atoms with Gasteiger partial charge in [-0.2, -0.15) is 0 Å². The molecule has 0 aliphatic carbocycles. The summed E-state index contributed by atoms with van der Waals surface area (Å²) in [6.07, 6.45) is 1.08. The van der Waals surface area contributed by atoms with Gasteiger partial charge in [0.1, 0.15) is 5.82 Å². The van der Waals surface area contributed by atoms with E-state index >= 15 is 0 Å². The molecule has 2 rings (SSSR count). The summed E-state index contributed by atoms with van der Waals surface area (Å²) in [6, 6.07) is 8.43. The fourth-order valence-electron chi connectivity index (χ4n) is 1.78. The lowest BCUT2D eigenvalue weighted by Gasteiger charge is -2.23. The van der Waals surface area contributed by atoms with Gasteiger partial charge in [0, 0.05) is 24.1 Å². The molecule has 0 radical (unpaired) electrons. The van der Waals surface area contributed by atoms with Crippen molar-refractivity contribution in [3.05, 3.63) is 40.4 Å². The highest BCUT2D eigenvalue weighted by molar-refractivity contribution is 5.82. The van der Waals surface area contributed by atoms with E-state index in [1.807, 2.05) is 12.1 Å². The summed E-state index contributed by atoms with van der Waals surface area (Å²) < 4.78 is 0. The molecule has 0 aliphatic rings. The number of benzene rings is 1. The molecule has 5 nitrogen and oxygen atoms in total. The molecule has 0 unspecified atom stereocenters. The number of nitrogens with zero attached hydrogens (tertiary/aromatic N) is 2. The summed E-state index contributed by atoms with van der Waals surface area (Å²) in [5.41, 5.74) is 1.06. The van der Waals surface area contributed by atoms with Crippen LogP contribution in [0, 0.1) is 15.5 Å². The largest absolute Gasteiger partial charge is 0.370 e. The molecule has 1 heterocycles. The molecule has 1 aromatic heterocycles. The molecule has 1 N–H and O–H groups in total. The van der Waals surface area contributed by atoms with E-state index < -0.39 is 4.92 Å². The third-order valence-corrected chi connectivity index (χ3v) is 3.59. The Labute approximate surface area is 118 Å². The standard InChI is InChI=1S/C15H19N3O2/c1-4-15(2,3)10-16-14-8-5-11-9-12(18(19)20)6-7-13(11)17-14/h5-9H,4,10H2,1-3H3,(H,16,17). The smallest absolute Gasteiger partial charge is 0.270 e. The first-order chi connectivity index (χ1) is 9.41. The lowest BCUT2D eigenvalue weighted by atomic mass is 9.90. The van der Waals surface area contributed by atoms with Gasteiger partial charge in [-0.05, 0) is 30.0 Å². The Morgan fingerprint density at radius 3 is 2.70 bits per heavy atom. The van der Waals surface area contributed by atoms with E-state index in [4.69, 9.17) is 0 Å². The number of pyridine rings is 1. The average molecular weight is 273 g/mol. The van der Waals surface area contributed by atoms with Gasteiger partial charge in [-0.1, -0.05) is 20.8 Å². The summed E-state index contributed by atoms with van der Waals surface area (Å²) in [4.78, 5) is 14.8. The highest BCUT2D eigenvalue weighted by Gasteiger charge is 2.14. The number of non-ortho nitro benzene ring substituents is 1. The van der Waals surface area contributed by atoms with Crippen molar-refractivity contribution in [2.75, 3.05) is 11.9 Å². The number of aromatic nitrogens is 1. The fourth-order valence-corrected chi connectivity index (χ4v) is 1.78. The first kappa shape index (κ1) is 14.2. The molecule has 0 saturated heterocycles. The van der Waals surface area contributed by atoms with E-state index in [1.54, 1.807) is 12.1 Å². The van der Waals surface area contributed by atoms with Gasteiger partial charge >= 0.3 is 0 Å². The molecule has 0 amide bonds. The Bertz CT molecular complexity index is 638. The van der Waals surface area contributed by atoms with Crippen LogP contribution in [0.4, 0.5) is 11.5 Å². The zero-order chi connectivity index (χ0) is 14.8. The Morgan fingerprint density at radius 1 is 1.30 bits per heavy atom. The number of hydrogen-bond donors (Lipinski definition) is 1. The van der Waals surface area contributed by atoms with E-state index in [9.17, 15) is 10.1 Å². The minimum atomic E-state index is -0.393. The van der Waals surface area contributed by atoms with Crippen LogP contribution >= 0.6 is 0 Å². The number of fused-ring (bicyclic) bond motifs is 1. The maximum Gasteiger partial charge on any atom is 0.270 e. The van der Waals surface area contributed by atoms with E-state index in [0.717, 1.165) is 29.7 Å². The molecule has 0 spiro atoms. The highest BCUT2D eigenvalue weighted by atomic mass is 16.6. The van der Waals surface area contributed by atoms with Crippen molar-refractivity contribution in [1.82, 2.24) is 4.98 Å². The zero-order valence-electron chi connectivity index (χ0n) is 12.0. The van der Waals surface area contributed by atoms with E-state index in [0.29, 0.717) is 0 Å². The van der Waals surface area contributed by atoms with Crippen molar-refractivity contribution >= 4 is 22.4 Å². The normalized spacial score (nSPS) is 11.6. The van der Waals surface area contributed by atoms with Crippen LogP contribution in [0.1, 0.15) is 27.2 Å². The predicted molar refractivity (Wildman–Crippen MR) is 81.0 cm³/mol. The van der Waals surface area contributed by atoms with Gasteiger partial charge in [0.2, 0.25) is 0 Å². The minimum absolute atomic E-state index is 0.0899. The summed E-state index contributed by atoms with van der Waals surface area (Å²) in [7, 11) is 0. The van der Waals surface area contributed by atoms with E-state index in [-0.39, 0.29) is 11.1 Å². The molecule has 0 atom stereocenters. The summed E-state index contributed by atoms with van der Waals surface area (Å²) in [5.74, 6) is 0.799. The Morgan fingerprint density at radius 2 is 2.05 bits per heavy atom. The van der Waals surface area contributed by atoms with Gasteiger partial charge in [0.05, 0.1) is 10.4 Å². The molecular formula is C15H19N3O2. The van der Waals surface area contributed by atoms with Gasteiger partial charge in [0.15, 0.2) is 0 Å². The molecule has 106 valence electrons. The number of nitro groups is 1. The monoisotopic (exact) mass is 273 g/mol. The Hall–Kier alpha value is -2.17. The Kier molecular flexibility index (Phi) is 3.88. The van der Waals surface area contributed by atoms with Gasteiger partial charge in [-0.15, -0.1) is 0 Å². The van der Waals surface area contributed by atoms with Crippen molar-refractivity contribution in [1.29, 1.82) is 0 Å². The molecule has 20 heavy (non-hydrogen) atoms. The van der Waals surface area contributed by atoms with E-state index in [2.05, 4.69) is 31.1 Å². The van der Waals surface area contributed by atoms with Crippen molar-refractivity contribution in [2.45, 2.75) is 27.2 Å². The second-order valence-electron chi connectivity index (χ2n) is 5.70. The zero-order valence-corrected chi connectivity index (χ0v) is 12.0. The summed E-state index contributed by atoms with van der Waals surface area (Å²) >= 11 is 0. The van der Waals surface area contributed by atoms with Gasteiger partial charge in [-0.25, -0.2) is 4.98 Å². The molecular weight excluding hydrogens is 254 g/mol. The summed E-state index contributed by atoms with van der Waals surface area (Å²) in [6.45, 7) is 7.40. The number of anilines is 1. The van der Waals surface area contributed by atoms with Crippen LogP contribution in [-0.4, -0.2) is 16.5 Å². The van der Waals surface area contributed by atoms with Crippen LogP contribution in [0.15, 0.2) is 30.3 Å². The van der Waals surface area contributed by atoms with Gasteiger partial charge < -0.3 is 5.32 Å². The number of hydrogen-bond acceptors (Lipinski definition) is 4. The minimum Gasteiger partial charge on any atom is -0.370 e. The Balaban J connectivity index is 2.22. The van der Waals surface area contributed by atoms with Gasteiger partial charge in [0.25, 0.3) is 5.69 Å². The third kappa shape index (κ3) is 3.23. The van der Waals surface area contributed by atoms with Crippen molar-refractivity contribution in [3.8, 4) is 0 Å². The molecule has 0 fully saturated rings. The molecule has 0 saturated carbocycles. The van der Waals surface area contributed by atoms with Crippen LogP contribution in [0.25, 0.3) is 10.9 Å². The van der Waals surface area contributed by atoms with E-state index in [1.165, 1.54) is 6.07 Å². The maximum atomic E-state index is 10.7. The van der Waals surface area contributed by atoms with Crippen LogP contribution in [-0.2, 0) is 0 Å². The van der Waals surface area contributed by atoms with Crippen molar-refractivity contribution in [3.63, 3.8) is 0 Å². The van der Waals surface area contributed by atoms with Crippen LogP contribution in [0.5, 0.6) is 0 Å². The average Bonchev–Trinajstić information content (AvgIpc) is 2.44. The fraction of sp³-hybridized carbons (Fsp3) is 0.400. The second-order valence-corrected chi connectivity index (χ2v) is 5.70. The first-order valence-corrected chi connectivity index (χ1v) is 6.70. The first-order valence-electron chi connectivity index (χ1n) is 6.70. The number of rotatable bonds is 5. The SMILES string of the molecule is CCC(C)(C)CNc1ccc2cc([N+](=O)[O-])ccc2n1. The third-order valence-electron chi connectivity index (χ3n) is 3.59. The molecule has 2 aromatic rings. The highest BCUT2D eigenvalue weighted by Crippen LogP contribution is 2.23. The predicted octanol–water partition coefficient (Wildman–Crippen LogP) is 3.99. The molecule has 5 heteroatoms. The second kappa shape index (κ2) is 5.45. The number of nitro benzene ring substituents is 1. The van der Waals surface area contributed by atoms with Gasteiger partial charge in [-0.3, -0.25) is 10.1 Å². The van der Waals surface area contributed by atoms with Crippen LogP contribution in [0.3, 0.4) is 0 Å². The number of nitrogens with one attached hydrogen (secondary N) is 1.